The van der Waals surface area contributed by atoms with Crippen molar-refractivity contribution in [2.75, 3.05) is 18.5 Å². The van der Waals surface area contributed by atoms with Gasteiger partial charge in [0.2, 0.25) is 0 Å². The Kier molecular flexibility index (Phi) is 2.83. The van der Waals surface area contributed by atoms with E-state index < -0.39 is 0 Å². The van der Waals surface area contributed by atoms with Gasteiger partial charge in [-0.15, -0.1) is 0 Å². The van der Waals surface area contributed by atoms with Crippen molar-refractivity contribution in [3.05, 3.63) is 28.8 Å². The molecule has 0 amide bonds. The second-order valence-corrected chi connectivity index (χ2v) is 4.48. The van der Waals surface area contributed by atoms with Crippen LogP contribution in [-0.2, 0) is 0 Å². The second kappa shape index (κ2) is 4.12. The van der Waals surface area contributed by atoms with Crippen LogP contribution in [0.1, 0.15) is 18.4 Å². The van der Waals surface area contributed by atoms with Gasteiger partial charge in [0.1, 0.15) is 6.07 Å². The number of halogens is 1. The Morgan fingerprint density at radius 2 is 2.27 bits per heavy atom. The quantitative estimate of drug-likeness (QED) is 0.783. The molecule has 3 heteroatoms. The molecule has 1 aromatic carbocycles. The van der Waals surface area contributed by atoms with E-state index in [1.807, 2.05) is 19.2 Å². The van der Waals surface area contributed by atoms with Crippen molar-refractivity contribution in [3.63, 3.8) is 0 Å². The van der Waals surface area contributed by atoms with Crippen LogP contribution < -0.4 is 4.90 Å². The van der Waals surface area contributed by atoms with Crippen molar-refractivity contribution in [2.24, 2.45) is 5.92 Å². The lowest BCUT2D eigenvalue weighted by Gasteiger charge is -2.20. The van der Waals surface area contributed by atoms with Gasteiger partial charge in [0.05, 0.1) is 16.3 Å². The summed E-state index contributed by atoms with van der Waals surface area (Å²) in [6.07, 6.45) is 2.62. The second-order valence-electron chi connectivity index (χ2n) is 4.07. The van der Waals surface area contributed by atoms with Gasteiger partial charge in [-0.3, -0.25) is 0 Å². The van der Waals surface area contributed by atoms with Gasteiger partial charge in [0, 0.05) is 13.6 Å². The average molecular weight is 221 g/mol. The van der Waals surface area contributed by atoms with E-state index in [0.29, 0.717) is 10.6 Å². The molecule has 2 nitrogen and oxygen atoms in total. The molecule has 1 saturated carbocycles. The standard InChI is InChI=1S/C12H13ClN2/c1-15(8-9-5-6-9)12-4-2-3-11(13)10(12)7-14/h2-4,9H,5-6,8H2,1H3. The molecule has 2 rings (SSSR count). The van der Waals surface area contributed by atoms with Crippen molar-refractivity contribution in [3.8, 4) is 6.07 Å². The Morgan fingerprint density at radius 1 is 1.53 bits per heavy atom. The number of nitriles is 1. The Bertz CT molecular complexity index is 405. The van der Waals surface area contributed by atoms with Gasteiger partial charge < -0.3 is 4.90 Å². The van der Waals surface area contributed by atoms with Gasteiger partial charge in [0.15, 0.2) is 0 Å². The Hall–Kier alpha value is -1.20. The topological polar surface area (TPSA) is 27.0 Å². The van der Waals surface area contributed by atoms with E-state index in [1.165, 1.54) is 12.8 Å². The molecule has 0 N–H and O–H groups in total. The van der Waals surface area contributed by atoms with E-state index in [1.54, 1.807) is 6.07 Å². The van der Waals surface area contributed by atoms with Crippen molar-refractivity contribution in [1.82, 2.24) is 0 Å². The highest BCUT2D eigenvalue weighted by Gasteiger charge is 2.24. The van der Waals surface area contributed by atoms with Gasteiger partial charge in [0.25, 0.3) is 0 Å². The van der Waals surface area contributed by atoms with Crippen LogP contribution in [0, 0.1) is 17.2 Å². The molecule has 0 heterocycles. The number of rotatable bonds is 3. The van der Waals surface area contributed by atoms with Gasteiger partial charge in [-0.25, -0.2) is 0 Å². The third kappa shape index (κ3) is 2.24. The smallest absolute Gasteiger partial charge is 0.103 e. The Morgan fingerprint density at radius 3 is 2.87 bits per heavy atom. The summed E-state index contributed by atoms with van der Waals surface area (Å²) in [6.45, 7) is 1.02. The third-order valence-corrected chi connectivity index (χ3v) is 3.06. The predicted molar refractivity (Wildman–Crippen MR) is 62.2 cm³/mol. The van der Waals surface area contributed by atoms with Crippen LogP contribution in [0.4, 0.5) is 5.69 Å². The monoisotopic (exact) mass is 220 g/mol. The van der Waals surface area contributed by atoms with E-state index in [4.69, 9.17) is 16.9 Å². The summed E-state index contributed by atoms with van der Waals surface area (Å²) in [5.41, 5.74) is 1.53. The van der Waals surface area contributed by atoms with Gasteiger partial charge in [-0.1, -0.05) is 17.7 Å². The molecular formula is C12H13ClN2. The van der Waals surface area contributed by atoms with Gasteiger partial charge in [-0.05, 0) is 30.9 Å². The molecule has 1 aliphatic carbocycles. The first-order valence-electron chi connectivity index (χ1n) is 5.12. The molecule has 0 radical (unpaired) electrons. The fourth-order valence-corrected chi connectivity index (χ4v) is 1.94. The molecule has 15 heavy (non-hydrogen) atoms. The summed E-state index contributed by atoms with van der Waals surface area (Å²) in [5.74, 6) is 0.806. The Labute approximate surface area is 95.1 Å². The average Bonchev–Trinajstić information content (AvgIpc) is 3.01. The highest BCUT2D eigenvalue weighted by Crippen LogP contribution is 2.33. The maximum absolute atomic E-state index is 9.04. The minimum atomic E-state index is 0.539. The number of hydrogen-bond donors (Lipinski definition) is 0. The van der Waals surface area contributed by atoms with Gasteiger partial charge in [-0.2, -0.15) is 5.26 Å². The number of hydrogen-bond acceptors (Lipinski definition) is 2. The van der Waals surface area contributed by atoms with Crippen molar-refractivity contribution in [2.45, 2.75) is 12.8 Å². The van der Waals surface area contributed by atoms with Crippen LogP contribution in [0.15, 0.2) is 18.2 Å². The maximum atomic E-state index is 9.04. The molecule has 1 aromatic rings. The first kappa shape index (κ1) is 10.3. The molecule has 1 fully saturated rings. The minimum absolute atomic E-state index is 0.539. The van der Waals surface area contributed by atoms with Crippen molar-refractivity contribution < 1.29 is 0 Å². The minimum Gasteiger partial charge on any atom is -0.373 e. The molecular weight excluding hydrogens is 208 g/mol. The maximum Gasteiger partial charge on any atom is 0.103 e. The summed E-state index contributed by atoms with van der Waals surface area (Å²) in [5, 5.41) is 9.58. The molecule has 1 aliphatic rings. The van der Waals surface area contributed by atoms with Crippen LogP contribution in [0.25, 0.3) is 0 Å². The highest BCUT2D eigenvalue weighted by molar-refractivity contribution is 6.32. The van der Waals surface area contributed by atoms with E-state index in [-0.39, 0.29) is 0 Å². The largest absolute Gasteiger partial charge is 0.373 e. The molecule has 0 aliphatic heterocycles. The fraction of sp³-hybridized carbons (Fsp3) is 0.417. The lowest BCUT2D eigenvalue weighted by Crippen LogP contribution is -2.20. The fourth-order valence-electron chi connectivity index (χ4n) is 1.73. The summed E-state index contributed by atoms with van der Waals surface area (Å²) in [6, 6.07) is 7.77. The molecule has 0 bridgehead atoms. The zero-order valence-electron chi connectivity index (χ0n) is 8.70. The van der Waals surface area contributed by atoms with Crippen LogP contribution in [0.2, 0.25) is 5.02 Å². The van der Waals surface area contributed by atoms with E-state index in [2.05, 4.69) is 11.0 Å². The molecule has 0 spiro atoms. The van der Waals surface area contributed by atoms with Crippen LogP contribution >= 0.6 is 11.6 Å². The molecule has 0 aromatic heterocycles. The highest BCUT2D eigenvalue weighted by atomic mass is 35.5. The zero-order valence-corrected chi connectivity index (χ0v) is 9.46. The van der Waals surface area contributed by atoms with E-state index >= 15 is 0 Å². The normalized spacial score (nSPS) is 14.7. The summed E-state index contributed by atoms with van der Waals surface area (Å²) in [7, 11) is 2.02. The molecule has 0 atom stereocenters. The summed E-state index contributed by atoms with van der Waals surface area (Å²) in [4.78, 5) is 2.13. The van der Waals surface area contributed by atoms with Crippen LogP contribution in [-0.4, -0.2) is 13.6 Å². The SMILES string of the molecule is CN(CC1CC1)c1cccc(Cl)c1C#N. The first-order chi connectivity index (χ1) is 7.22. The molecule has 78 valence electrons. The molecule has 0 saturated heterocycles. The number of benzene rings is 1. The lowest BCUT2D eigenvalue weighted by molar-refractivity contribution is 0.786. The van der Waals surface area contributed by atoms with E-state index in [9.17, 15) is 0 Å². The predicted octanol–water partition coefficient (Wildman–Crippen LogP) is 3.06. The zero-order chi connectivity index (χ0) is 10.8. The van der Waals surface area contributed by atoms with Crippen LogP contribution in [0.3, 0.4) is 0 Å². The first-order valence-corrected chi connectivity index (χ1v) is 5.50. The van der Waals surface area contributed by atoms with Crippen molar-refractivity contribution in [1.29, 1.82) is 5.26 Å². The molecule has 0 unspecified atom stereocenters. The van der Waals surface area contributed by atoms with Crippen molar-refractivity contribution >= 4 is 17.3 Å². The summed E-state index contributed by atoms with van der Waals surface area (Å²) < 4.78 is 0. The number of nitrogens with zero attached hydrogens (tertiary/aromatic N) is 2. The third-order valence-electron chi connectivity index (χ3n) is 2.74. The Balaban J connectivity index is 2.25. The number of anilines is 1. The lowest BCUT2D eigenvalue weighted by atomic mass is 10.1. The summed E-state index contributed by atoms with van der Waals surface area (Å²) >= 11 is 5.98. The van der Waals surface area contributed by atoms with Crippen LogP contribution in [0.5, 0.6) is 0 Å². The van der Waals surface area contributed by atoms with Gasteiger partial charge >= 0.3 is 0 Å². The van der Waals surface area contributed by atoms with E-state index in [0.717, 1.165) is 18.2 Å².